The summed E-state index contributed by atoms with van der Waals surface area (Å²) in [6, 6.07) is 0.520. The van der Waals surface area contributed by atoms with E-state index in [0.717, 1.165) is 0 Å². The van der Waals surface area contributed by atoms with Crippen molar-refractivity contribution in [2.24, 2.45) is 11.3 Å². The van der Waals surface area contributed by atoms with Gasteiger partial charge in [0.05, 0.1) is 6.04 Å². The van der Waals surface area contributed by atoms with Gasteiger partial charge in [-0.05, 0) is 24.2 Å². The van der Waals surface area contributed by atoms with Gasteiger partial charge in [0.1, 0.15) is 6.33 Å². The molecule has 1 fully saturated rings. The third-order valence-electron chi connectivity index (χ3n) is 4.42. The summed E-state index contributed by atoms with van der Waals surface area (Å²) in [6.07, 6.45) is 5.20. The zero-order valence-corrected chi connectivity index (χ0v) is 13.6. The first-order valence-electron chi connectivity index (χ1n) is 7.90. The molecule has 1 aliphatic rings. The standard InChI is InChI=1S/C15H24N6O/c1-9-6-5-7-10(9)18-11(15(2,3)4)14-19-13(21-22-14)12-16-8-17-20-12/h8-11,18H,5-7H2,1-4H3,(H,16,17,20)/t9-,10+,11-/m1/s1. The van der Waals surface area contributed by atoms with Crippen LogP contribution in [0, 0.1) is 11.3 Å². The Morgan fingerprint density at radius 2 is 2.18 bits per heavy atom. The van der Waals surface area contributed by atoms with Crippen LogP contribution in [-0.2, 0) is 0 Å². The Morgan fingerprint density at radius 3 is 2.77 bits per heavy atom. The number of aromatic amines is 1. The highest BCUT2D eigenvalue weighted by Gasteiger charge is 2.35. The average molecular weight is 304 g/mol. The van der Waals surface area contributed by atoms with Crippen molar-refractivity contribution in [1.29, 1.82) is 0 Å². The van der Waals surface area contributed by atoms with E-state index in [-0.39, 0.29) is 11.5 Å². The van der Waals surface area contributed by atoms with E-state index in [0.29, 0.717) is 29.5 Å². The largest absolute Gasteiger partial charge is 0.337 e. The number of nitrogens with one attached hydrogen (secondary N) is 2. The van der Waals surface area contributed by atoms with Crippen LogP contribution in [0.5, 0.6) is 0 Å². The molecule has 2 aromatic rings. The van der Waals surface area contributed by atoms with Crippen LogP contribution in [-0.4, -0.2) is 31.4 Å². The van der Waals surface area contributed by atoms with Crippen LogP contribution >= 0.6 is 0 Å². The smallest absolute Gasteiger partial charge is 0.244 e. The Kier molecular flexibility index (Phi) is 3.99. The second kappa shape index (κ2) is 5.79. The molecule has 3 atom stereocenters. The van der Waals surface area contributed by atoms with E-state index in [1.165, 1.54) is 25.6 Å². The van der Waals surface area contributed by atoms with Crippen molar-refractivity contribution in [3.63, 3.8) is 0 Å². The fourth-order valence-corrected chi connectivity index (χ4v) is 3.06. The maximum Gasteiger partial charge on any atom is 0.244 e. The number of H-pyrrole nitrogens is 1. The fraction of sp³-hybridized carbons (Fsp3) is 0.733. The van der Waals surface area contributed by atoms with E-state index >= 15 is 0 Å². The summed E-state index contributed by atoms with van der Waals surface area (Å²) < 4.78 is 5.51. The van der Waals surface area contributed by atoms with Gasteiger partial charge in [-0.1, -0.05) is 39.3 Å². The van der Waals surface area contributed by atoms with Gasteiger partial charge in [-0.25, -0.2) is 4.98 Å². The monoisotopic (exact) mass is 304 g/mol. The molecule has 0 bridgehead atoms. The lowest BCUT2D eigenvalue weighted by Crippen LogP contribution is -2.40. The molecule has 1 saturated carbocycles. The molecular weight excluding hydrogens is 280 g/mol. The number of rotatable bonds is 4. The molecule has 7 heteroatoms. The third kappa shape index (κ3) is 3.04. The van der Waals surface area contributed by atoms with E-state index in [1.54, 1.807) is 0 Å². The Hall–Kier alpha value is -1.76. The molecule has 2 aromatic heterocycles. The molecule has 7 nitrogen and oxygen atoms in total. The lowest BCUT2D eigenvalue weighted by Gasteiger charge is -2.32. The van der Waals surface area contributed by atoms with Crippen molar-refractivity contribution in [3.8, 4) is 11.6 Å². The zero-order valence-electron chi connectivity index (χ0n) is 13.6. The van der Waals surface area contributed by atoms with Gasteiger partial charge in [-0.15, -0.1) is 0 Å². The van der Waals surface area contributed by atoms with Gasteiger partial charge in [-0.2, -0.15) is 10.1 Å². The number of aromatic nitrogens is 5. The van der Waals surface area contributed by atoms with Crippen molar-refractivity contribution < 1.29 is 4.52 Å². The predicted octanol–water partition coefficient (Wildman–Crippen LogP) is 2.72. The van der Waals surface area contributed by atoms with Gasteiger partial charge in [0, 0.05) is 6.04 Å². The molecular formula is C15H24N6O. The van der Waals surface area contributed by atoms with Crippen molar-refractivity contribution in [2.45, 2.75) is 59.0 Å². The molecule has 0 aromatic carbocycles. The highest BCUT2D eigenvalue weighted by molar-refractivity contribution is 5.39. The number of hydrogen-bond donors (Lipinski definition) is 2. The van der Waals surface area contributed by atoms with Crippen molar-refractivity contribution in [1.82, 2.24) is 30.6 Å². The Labute approximate surface area is 130 Å². The van der Waals surface area contributed by atoms with Gasteiger partial charge in [0.2, 0.25) is 11.7 Å². The molecule has 120 valence electrons. The minimum absolute atomic E-state index is 0.0159. The molecule has 0 amide bonds. The molecule has 22 heavy (non-hydrogen) atoms. The first kappa shape index (κ1) is 15.1. The second-order valence-corrected chi connectivity index (χ2v) is 7.27. The number of nitrogens with zero attached hydrogens (tertiary/aromatic N) is 4. The van der Waals surface area contributed by atoms with Crippen molar-refractivity contribution in [2.75, 3.05) is 0 Å². The predicted molar refractivity (Wildman–Crippen MR) is 81.8 cm³/mol. The van der Waals surface area contributed by atoms with Gasteiger partial charge in [0.25, 0.3) is 0 Å². The zero-order chi connectivity index (χ0) is 15.7. The molecule has 0 unspecified atom stereocenters. The van der Waals surface area contributed by atoms with E-state index in [2.05, 4.69) is 58.3 Å². The third-order valence-corrected chi connectivity index (χ3v) is 4.42. The van der Waals surface area contributed by atoms with Gasteiger partial charge < -0.3 is 9.84 Å². The Morgan fingerprint density at radius 1 is 1.36 bits per heavy atom. The van der Waals surface area contributed by atoms with Gasteiger partial charge in [-0.3, -0.25) is 5.10 Å². The number of hydrogen-bond acceptors (Lipinski definition) is 6. The maximum atomic E-state index is 5.51. The minimum atomic E-state index is -0.0203. The normalized spacial score (nSPS) is 23.8. The quantitative estimate of drug-likeness (QED) is 0.902. The van der Waals surface area contributed by atoms with Crippen LogP contribution in [0.3, 0.4) is 0 Å². The summed E-state index contributed by atoms with van der Waals surface area (Å²) in [4.78, 5) is 8.58. The van der Waals surface area contributed by atoms with Crippen LogP contribution < -0.4 is 5.32 Å². The average Bonchev–Trinajstić information content (AvgIpc) is 3.16. The van der Waals surface area contributed by atoms with E-state index in [1.807, 2.05) is 0 Å². The Balaban J connectivity index is 1.83. The first-order valence-corrected chi connectivity index (χ1v) is 7.90. The van der Waals surface area contributed by atoms with Gasteiger partial charge >= 0.3 is 0 Å². The molecule has 1 aliphatic carbocycles. The van der Waals surface area contributed by atoms with Crippen LogP contribution in [0.4, 0.5) is 0 Å². The van der Waals surface area contributed by atoms with Crippen LogP contribution in [0.2, 0.25) is 0 Å². The summed E-state index contributed by atoms with van der Waals surface area (Å²) >= 11 is 0. The van der Waals surface area contributed by atoms with E-state index in [9.17, 15) is 0 Å². The lowest BCUT2D eigenvalue weighted by molar-refractivity contribution is 0.187. The topological polar surface area (TPSA) is 92.5 Å². The highest BCUT2D eigenvalue weighted by atomic mass is 16.5. The lowest BCUT2D eigenvalue weighted by atomic mass is 9.85. The molecule has 0 saturated heterocycles. The van der Waals surface area contributed by atoms with Crippen LogP contribution in [0.1, 0.15) is 58.9 Å². The maximum absolute atomic E-state index is 5.51. The molecule has 0 aliphatic heterocycles. The van der Waals surface area contributed by atoms with Crippen molar-refractivity contribution >= 4 is 0 Å². The summed E-state index contributed by atoms with van der Waals surface area (Å²) in [5.74, 6) is 2.26. The van der Waals surface area contributed by atoms with E-state index in [4.69, 9.17) is 4.52 Å². The minimum Gasteiger partial charge on any atom is -0.337 e. The second-order valence-electron chi connectivity index (χ2n) is 7.27. The summed E-state index contributed by atoms with van der Waals surface area (Å²) in [6.45, 7) is 8.85. The summed E-state index contributed by atoms with van der Waals surface area (Å²) in [5.41, 5.74) is -0.0203. The Bertz CT molecular complexity index is 600. The fourth-order valence-electron chi connectivity index (χ4n) is 3.06. The molecule has 2 heterocycles. The van der Waals surface area contributed by atoms with Crippen LogP contribution in [0.25, 0.3) is 11.6 Å². The molecule has 2 N–H and O–H groups in total. The first-order chi connectivity index (χ1) is 10.4. The van der Waals surface area contributed by atoms with Crippen LogP contribution in [0.15, 0.2) is 10.9 Å². The summed E-state index contributed by atoms with van der Waals surface area (Å²) in [7, 11) is 0. The molecule has 0 spiro atoms. The van der Waals surface area contributed by atoms with Gasteiger partial charge in [0.15, 0.2) is 5.82 Å². The highest BCUT2D eigenvalue weighted by Crippen LogP contribution is 2.36. The summed E-state index contributed by atoms with van der Waals surface area (Å²) in [5, 5.41) is 14.3. The van der Waals surface area contributed by atoms with Crippen molar-refractivity contribution in [3.05, 3.63) is 12.2 Å². The van der Waals surface area contributed by atoms with E-state index < -0.39 is 0 Å². The molecule has 3 rings (SSSR count). The molecule has 0 radical (unpaired) electrons. The SMILES string of the molecule is C[C@@H]1CCC[C@@H]1N[C@H](c1nc(-c2ncn[nH]2)no1)C(C)(C)C.